The molecule has 2 rings (SSSR count). The van der Waals surface area contributed by atoms with Gasteiger partial charge in [0.25, 0.3) is 5.79 Å². The zero-order chi connectivity index (χ0) is 16.3. The third kappa shape index (κ3) is 2.71. The molecule has 3 N–H and O–H groups in total. The molecule has 1 aliphatic rings. The minimum atomic E-state index is -2.69. The van der Waals surface area contributed by atoms with Gasteiger partial charge in [0, 0.05) is 11.6 Å². The molecule has 1 aliphatic heterocycles. The highest BCUT2D eigenvalue weighted by Crippen LogP contribution is 2.35. The summed E-state index contributed by atoms with van der Waals surface area (Å²) < 4.78 is 9.88. The van der Waals surface area contributed by atoms with Crippen molar-refractivity contribution in [2.45, 2.75) is 12.7 Å². The number of carbonyl (C=O) groups is 3. The number of esters is 1. The summed E-state index contributed by atoms with van der Waals surface area (Å²) in [5.74, 6) is -7.86. The van der Waals surface area contributed by atoms with Crippen LogP contribution in [0.5, 0.6) is 0 Å². The summed E-state index contributed by atoms with van der Waals surface area (Å²) in [4.78, 5) is 35.4. The first-order chi connectivity index (χ1) is 10.4. The number of primary amides is 1. The second-order valence-electron chi connectivity index (χ2n) is 4.62. The van der Waals surface area contributed by atoms with Gasteiger partial charge >= 0.3 is 5.97 Å². The van der Waals surface area contributed by atoms with Gasteiger partial charge in [0.1, 0.15) is 5.76 Å². The van der Waals surface area contributed by atoms with Gasteiger partial charge in [-0.25, -0.2) is 0 Å². The van der Waals surface area contributed by atoms with Crippen molar-refractivity contribution in [2.75, 3.05) is 6.61 Å². The average molecular weight is 305 g/mol. The van der Waals surface area contributed by atoms with E-state index in [2.05, 4.69) is 4.74 Å². The van der Waals surface area contributed by atoms with E-state index in [1.165, 1.54) is 6.92 Å². The van der Waals surface area contributed by atoms with E-state index in [1.807, 2.05) is 0 Å². The number of ketones is 1. The van der Waals surface area contributed by atoms with Crippen LogP contribution in [-0.4, -0.2) is 35.2 Å². The Balaban J connectivity index is 2.33. The lowest BCUT2D eigenvalue weighted by molar-refractivity contribution is -0.201. The quantitative estimate of drug-likeness (QED) is 0.583. The Morgan fingerprint density at radius 1 is 1.36 bits per heavy atom. The topological polar surface area (TPSA) is 116 Å². The summed E-state index contributed by atoms with van der Waals surface area (Å²) in [7, 11) is 0. The van der Waals surface area contributed by atoms with E-state index in [9.17, 15) is 19.5 Å². The van der Waals surface area contributed by atoms with Crippen molar-refractivity contribution < 1.29 is 29.0 Å². The number of hydrogen-bond donors (Lipinski definition) is 2. The van der Waals surface area contributed by atoms with Crippen molar-refractivity contribution >= 4 is 23.4 Å². The van der Waals surface area contributed by atoms with E-state index in [0.717, 1.165) is 6.08 Å². The summed E-state index contributed by atoms with van der Waals surface area (Å²) in [6.45, 7) is 1.48. The monoisotopic (exact) mass is 305 g/mol. The molecule has 0 radical (unpaired) electrons. The molecule has 0 aromatic heterocycles. The van der Waals surface area contributed by atoms with Gasteiger partial charge in [-0.05, 0) is 6.92 Å². The van der Waals surface area contributed by atoms with Crippen molar-refractivity contribution in [3.05, 3.63) is 42.0 Å². The van der Waals surface area contributed by atoms with Crippen LogP contribution in [0.3, 0.4) is 0 Å². The van der Waals surface area contributed by atoms with Gasteiger partial charge in [-0.3, -0.25) is 14.4 Å². The lowest BCUT2D eigenvalue weighted by atomic mass is 9.94. The maximum absolute atomic E-state index is 12.1. The summed E-state index contributed by atoms with van der Waals surface area (Å²) in [5.41, 5.74) is 5.64. The molecule has 116 valence electrons. The van der Waals surface area contributed by atoms with Crippen LogP contribution in [0.2, 0.25) is 0 Å². The van der Waals surface area contributed by atoms with E-state index >= 15 is 0 Å². The minimum absolute atomic E-state index is 0.0359. The Kier molecular flexibility index (Phi) is 4.27. The number of ether oxygens (including phenoxy) is 2. The van der Waals surface area contributed by atoms with Crippen LogP contribution in [0.4, 0.5) is 0 Å². The number of nitrogens with two attached hydrogens (primary N) is 1. The summed E-state index contributed by atoms with van der Waals surface area (Å²) in [5, 5.41) is 10.4. The van der Waals surface area contributed by atoms with Gasteiger partial charge in [0.15, 0.2) is 0 Å². The first-order valence-electron chi connectivity index (χ1n) is 6.59. The highest BCUT2D eigenvalue weighted by Gasteiger charge is 2.57. The van der Waals surface area contributed by atoms with E-state index in [-0.39, 0.29) is 12.4 Å². The number of rotatable bonds is 5. The molecule has 1 aromatic rings. The molecule has 0 saturated heterocycles. The Hall–Kier alpha value is -2.67. The predicted octanol–water partition coefficient (Wildman–Crippen LogP) is -0.0200. The second kappa shape index (κ2) is 5.98. The van der Waals surface area contributed by atoms with E-state index in [4.69, 9.17) is 10.5 Å². The number of benzene rings is 1. The molecule has 0 spiro atoms. The van der Waals surface area contributed by atoms with Crippen LogP contribution in [-0.2, 0) is 23.9 Å². The molecule has 1 aromatic carbocycles. The van der Waals surface area contributed by atoms with Gasteiger partial charge in [-0.1, -0.05) is 30.3 Å². The van der Waals surface area contributed by atoms with Crippen molar-refractivity contribution in [3.63, 3.8) is 0 Å². The van der Waals surface area contributed by atoms with Gasteiger partial charge in [0.05, 0.1) is 6.61 Å². The average Bonchev–Trinajstić information content (AvgIpc) is 2.76. The Bertz CT molecular complexity index is 639. The zero-order valence-corrected chi connectivity index (χ0v) is 11.8. The summed E-state index contributed by atoms with van der Waals surface area (Å²) in [6.07, 6.45) is 1.02. The predicted molar refractivity (Wildman–Crippen MR) is 74.8 cm³/mol. The fourth-order valence-corrected chi connectivity index (χ4v) is 2.11. The normalized spacial score (nSPS) is 21.7. The highest BCUT2D eigenvalue weighted by atomic mass is 16.6. The Morgan fingerprint density at radius 3 is 2.55 bits per heavy atom. The van der Waals surface area contributed by atoms with E-state index in [0.29, 0.717) is 5.56 Å². The fraction of sp³-hybridized carbons (Fsp3) is 0.267. The molecule has 7 nitrogen and oxygen atoms in total. The Labute approximate surface area is 126 Å². The maximum atomic E-state index is 12.1. The minimum Gasteiger partial charge on any atom is -0.465 e. The van der Waals surface area contributed by atoms with Gasteiger partial charge < -0.3 is 20.3 Å². The van der Waals surface area contributed by atoms with Crippen LogP contribution in [0.25, 0.3) is 5.76 Å². The number of aliphatic hydroxyl groups is 1. The fourth-order valence-electron chi connectivity index (χ4n) is 2.11. The maximum Gasteiger partial charge on any atom is 0.325 e. The van der Waals surface area contributed by atoms with Crippen molar-refractivity contribution in [1.29, 1.82) is 0 Å². The van der Waals surface area contributed by atoms with Crippen molar-refractivity contribution in [2.24, 2.45) is 11.7 Å². The third-order valence-corrected chi connectivity index (χ3v) is 3.14. The molecule has 7 heteroatoms. The lowest BCUT2D eigenvalue weighted by Gasteiger charge is -2.27. The first kappa shape index (κ1) is 15.7. The lowest BCUT2D eigenvalue weighted by Crippen LogP contribution is -2.54. The van der Waals surface area contributed by atoms with Crippen LogP contribution >= 0.6 is 0 Å². The highest BCUT2D eigenvalue weighted by molar-refractivity contribution is 6.11. The smallest absolute Gasteiger partial charge is 0.325 e. The van der Waals surface area contributed by atoms with Crippen molar-refractivity contribution in [3.8, 4) is 0 Å². The molecular formula is C15H15NO6. The van der Waals surface area contributed by atoms with Gasteiger partial charge in [0.2, 0.25) is 17.6 Å². The largest absolute Gasteiger partial charge is 0.465 e. The molecule has 2 atom stereocenters. The number of carbonyl (C=O) groups excluding carboxylic acids is 3. The summed E-state index contributed by atoms with van der Waals surface area (Å²) >= 11 is 0. The molecule has 0 fully saturated rings. The molecule has 0 unspecified atom stereocenters. The Morgan fingerprint density at radius 2 is 2.00 bits per heavy atom. The SMILES string of the molecule is CCOC(=O)[C@@H](C(N)=O)[C@@]1(O)OC(c2ccccc2)=CC1=O. The van der Waals surface area contributed by atoms with Crippen LogP contribution in [0, 0.1) is 5.92 Å². The van der Waals surface area contributed by atoms with Gasteiger partial charge in [-0.15, -0.1) is 0 Å². The standard InChI is InChI=1S/C15H15NO6/c1-2-21-14(19)12(13(16)18)15(20)11(17)8-10(22-15)9-6-4-3-5-7-9/h3-8,12,20H,2H2,1H3,(H2,16,18)/t12-,15+/m1/s1. The molecule has 1 amide bonds. The van der Waals surface area contributed by atoms with Crippen LogP contribution in [0.1, 0.15) is 12.5 Å². The molecule has 0 bridgehead atoms. The summed E-state index contributed by atoms with van der Waals surface area (Å²) in [6, 6.07) is 8.47. The van der Waals surface area contributed by atoms with Gasteiger partial charge in [-0.2, -0.15) is 0 Å². The molecular weight excluding hydrogens is 290 g/mol. The third-order valence-electron chi connectivity index (χ3n) is 3.14. The number of hydrogen-bond acceptors (Lipinski definition) is 6. The van der Waals surface area contributed by atoms with Crippen molar-refractivity contribution in [1.82, 2.24) is 0 Å². The second-order valence-corrected chi connectivity index (χ2v) is 4.62. The number of amides is 1. The molecule has 22 heavy (non-hydrogen) atoms. The first-order valence-corrected chi connectivity index (χ1v) is 6.59. The zero-order valence-electron chi connectivity index (χ0n) is 11.8. The van der Waals surface area contributed by atoms with E-state index in [1.54, 1.807) is 30.3 Å². The van der Waals surface area contributed by atoms with Crippen LogP contribution < -0.4 is 5.73 Å². The van der Waals surface area contributed by atoms with Crippen LogP contribution in [0.15, 0.2) is 36.4 Å². The molecule has 1 heterocycles. The molecule has 0 aliphatic carbocycles. The molecule has 0 saturated carbocycles. The van der Waals surface area contributed by atoms with E-state index < -0.39 is 29.4 Å².